The van der Waals surface area contributed by atoms with E-state index in [9.17, 15) is 4.79 Å². The zero-order valence-corrected chi connectivity index (χ0v) is 7.59. The van der Waals surface area contributed by atoms with Crippen LogP contribution in [0.2, 0.25) is 0 Å². The molecule has 0 saturated carbocycles. The van der Waals surface area contributed by atoms with Crippen molar-refractivity contribution < 1.29 is 25.2 Å². The largest absolute Gasteiger partial charge is 0.394 e. The Kier molecular flexibility index (Phi) is 8.43. The molecule has 0 aromatic heterocycles. The van der Waals surface area contributed by atoms with Crippen molar-refractivity contribution in [3.05, 3.63) is 0 Å². The minimum Gasteiger partial charge on any atom is -0.394 e. The number of aliphatic hydroxyl groups is 4. The summed E-state index contributed by atoms with van der Waals surface area (Å²) in [7, 11) is 0. The smallest absolute Gasteiger partial charge is 0.139 e. The number of halogens is 1. The fourth-order valence-electron chi connectivity index (χ4n) is 0.644. The van der Waals surface area contributed by atoms with Crippen molar-refractivity contribution in [1.82, 2.24) is 0 Å². The molecule has 0 aliphatic rings. The number of aliphatic hydroxyl groups excluding tert-OH is 4. The van der Waals surface area contributed by atoms with Crippen molar-refractivity contribution in [1.29, 1.82) is 0 Å². The first-order valence-corrected chi connectivity index (χ1v) is 3.40. The van der Waals surface area contributed by atoms with Gasteiger partial charge in [0.25, 0.3) is 0 Å². The topological polar surface area (TPSA) is 124 Å². The minimum atomic E-state index is -1.62. The molecule has 0 saturated heterocycles. The Morgan fingerprint density at radius 3 is 2.00 bits per heavy atom. The Labute approximate surface area is 81.4 Å². The molecule has 0 heterocycles. The van der Waals surface area contributed by atoms with E-state index in [1.807, 2.05) is 0 Å². The van der Waals surface area contributed by atoms with E-state index in [0.717, 1.165) is 0 Å². The SMILES string of the molecule is Cl.N[C@@H]([13CH]=O)[C@@H](O)[C@H](O)[C@H](O)CO. The monoisotopic (exact) mass is 216 g/mol. The number of hydrogen-bond acceptors (Lipinski definition) is 6. The van der Waals surface area contributed by atoms with Crippen LogP contribution in [0.4, 0.5) is 0 Å². The molecule has 6 nitrogen and oxygen atoms in total. The Morgan fingerprint density at radius 1 is 1.23 bits per heavy atom. The third kappa shape index (κ3) is 4.51. The second-order valence-corrected chi connectivity index (χ2v) is 2.44. The number of carbonyl (C=O) groups is 1. The van der Waals surface area contributed by atoms with E-state index >= 15 is 0 Å². The van der Waals surface area contributed by atoms with Crippen LogP contribution in [0, 0.1) is 0 Å². The molecule has 0 unspecified atom stereocenters. The third-order valence-corrected chi connectivity index (χ3v) is 1.48. The van der Waals surface area contributed by atoms with Gasteiger partial charge in [0, 0.05) is 0 Å². The van der Waals surface area contributed by atoms with E-state index in [-0.39, 0.29) is 18.7 Å². The van der Waals surface area contributed by atoms with Crippen molar-refractivity contribution >= 4 is 18.7 Å². The summed E-state index contributed by atoms with van der Waals surface area (Å²) in [6.45, 7) is -0.705. The summed E-state index contributed by atoms with van der Waals surface area (Å²) in [5.41, 5.74) is 5.04. The molecule has 6 N–H and O–H groups in total. The average Bonchev–Trinajstić information content (AvgIpc) is 2.12. The van der Waals surface area contributed by atoms with Gasteiger partial charge in [-0.25, -0.2) is 0 Å². The molecule has 0 radical (unpaired) electrons. The van der Waals surface area contributed by atoms with Gasteiger partial charge in [0.2, 0.25) is 0 Å². The van der Waals surface area contributed by atoms with E-state index in [4.69, 9.17) is 26.2 Å². The lowest BCUT2D eigenvalue weighted by molar-refractivity contribution is -0.118. The van der Waals surface area contributed by atoms with E-state index < -0.39 is 31.0 Å². The summed E-state index contributed by atoms with van der Waals surface area (Å²) in [6.07, 6.45) is -4.43. The number of carbonyl (C=O) groups excluding carboxylic acids is 1. The summed E-state index contributed by atoms with van der Waals surface area (Å²) < 4.78 is 0. The van der Waals surface area contributed by atoms with Crippen LogP contribution >= 0.6 is 12.4 Å². The maximum absolute atomic E-state index is 10.0. The summed E-state index contributed by atoms with van der Waals surface area (Å²) in [4.78, 5) is 10.0. The number of rotatable bonds is 5. The first-order chi connectivity index (χ1) is 5.54. The number of aldehydes is 1. The van der Waals surface area contributed by atoms with Gasteiger partial charge in [0.15, 0.2) is 0 Å². The van der Waals surface area contributed by atoms with Crippen LogP contribution in [0.3, 0.4) is 0 Å². The van der Waals surface area contributed by atoms with Gasteiger partial charge in [-0.05, 0) is 0 Å². The van der Waals surface area contributed by atoms with Crippen LogP contribution in [0.5, 0.6) is 0 Å². The van der Waals surface area contributed by atoms with Crippen molar-refractivity contribution in [2.24, 2.45) is 5.73 Å². The van der Waals surface area contributed by atoms with Gasteiger partial charge < -0.3 is 31.0 Å². The quantitative estimate of drug-likeness (QED) is 0.247. The minimum absolute atomic E-state index is 0. The van der Waals surface area contributed by atoms with Crippen molar-refractivity contribution in [2.45, 2.75) is 24.4 Å². The lowest BCUT2D eigenvalue weighted by Gasteiger charge is -2.23. The number of hydrogen-bond donors (Lipinski definition) is 5. The highest BCUT2D eigenvalue weighted by Gasteiger charge is 2.28. The maximum atomic E-state index is 10.0. The lowest BCUT2D eigenvalue weighted by atomic mass is 10.1. The Balaban J connectivity index is 0. The molecule has 0 aliphatic carbocycles. The summed E-state index contributed by atoms with van der Waals surface area (Å²) in [5, 5.41) is 35.2. The van der Waals surface area contributed by atoms with Crippen LogP contribution in [0.1, 0.15) is 0 Å². The van der Waals surface area contributed by atoms with Crippen LogP contribution < -0.4 is 5.73 Å². The summed E-state index contributed by atoms with van der Waals surface area (Å²) in [5.74, 6) is 0. The van der Waals surface area contributed by atoms with Crippen LogP contribution in [0.15, 0.2) is 0 Å². The highest BCUT2D eigenvalue weighted by atomic mass is 35.5. The van der Waals surface area contributed by atoms with Crippen molar-refractivity contribution in [3.8, 4) is 0 Å². The van der Waals surface area contributed by atoms with E-state index in [0.29, 0.717) is 0 Å². The standard InChI is InChI=1S/C6H13NO5.ClH/c7-3(1-8)5(11)6(12)4(10)2-9;/h1,3-6,9-12H,2,7H2;1H/t3-,4+,5+,6+;/m0./s1/i1+1;. The fourth-order valence-corrected chi connectivity index (χ4v) is 0.644. The molecule has 0 bridgehead atoms. The normalized spacial score (nSPS) is 19.5. The Morgan fingerprint density at radius 2 is 1.69 bits per heavy atom. The average molecular weight is 217 g/mol. The predicted octanol–water partition coefficient (Wildman–Crippen LogP) is -2.99. The highest BCUT2D eigenvalue weighted by Crippen LogP contribution is 2.01. The van der Waals surface area contributed by atoms with Crippen LogP contribution in [-0.4, -0.2) is 57.7 Å². The molecule has 0 aromatic carbocycles. The molecule has 0 aromatic rings. The van der Waals surface area contributed by atoms with Crippen molar-refractivity contribution in [3.63, 3.8) is 0 Å². The molecule has 0 aliphatic heterocycles. The summed E-state index contributed by atoms with van der Waals surface area (Å²) >= 11 is 0. The maximum Gasteiger partial charge on any atom is 0.139 e. The van der Waals surface area contributed by atoms with Gasteiger partial charge in [-0.2, -0.15) is 0 Å². The second-order valence-electron chi connectivity index (χ2n) is 2.44. The highest BCUT2D eigenvalue weighted by molar-refractivity contribution is 5.85. The van der Waals surface area contributed by atoms with E-state index in [2.05, 4.69) is 0 Å². The zero-order chi connectivity index (χ0) is 9.72. The Hall–Kier alpha value is -0.240. The number of nitrogens with two attached hydrogens (primary N) is 1. The predicted molar refractivity (Wildman–Crippen MR) is 46.4 cm³/mol. The molecule has 0 amide bonds. The molecule has 0 rings (SSSR count). The zero-order valence-electron chi connectivity index (χ0n) is 6.78. The lowest BCUT2D eigenvalue weighted by Crippen LogP contribution is -2.49. The molecule has 0 spiro atoms. The van der Waals surface area contributed by atoms with Gasteiger partial charge in [0.05, 0.1) is 12.6 Å². The molecular weight excluding hydrogens is 203 g/mol. The molecule has 80 valence electrons. The van der Waals surface area contributed by atoms with Crippen molar-refractivity contribution in [2.75, 3.05) is 6.61 Å². The molecule has 4 atom stereocenters. The van der Waals surface area contributed by atoms with Crippen LogP contribution in [-0.2, 0) is 4.79 Å². The van der Waals surface area contributed by atoms with Gasteiger partial charge in [-0.3, -0.25) is 0 Å². The van der Waals surface area contributed by atoms with Gasteiger partial charge in [-0.15, -0.1) is 12.4 Å². The molecule has 7 heteroatoms. The fraction of sp³-hybridized carbons (Fsp3) is 0.833. The first-order valence-electron chi connectivity index (χ1n) is 3.40. The molecule has 13 heavy (non-hydrogen) atoms. The summed E-state index contributed by atoms with van der Waals surface area (Å²) in [6, 6.07) is -1.26. The van der Waals surface area contributed by atoms with Gasteiger partial charge >= 0.3 is 0 Å². The van der Waals surface area contributed by atoms with Crippen LogP contribution in [0.25, 0.3) is 0 Å². The van der Waals surface area contributed by atoms with E-state index in [1.165, 1.54) is 0 Å². The Bertz CT molecular complexity index is 147. The first kappa shape index (κ1) is 15.2. The molecule has 0 fully saturated rings. The second kappa shape index (κ2) is 7.19. The van der Waals surface area contributed by atoms with Gasteiger partial charge in [-0.1, -0.05) is 0 Å². The third-order valence-electron chi connectivity index (χ3n) is 1.48. The van der Waals surface area contributed by atoms with Gasteiger partial charge in [0.1, 0.15) is 24.6 Å². The molecular formula is C6H14ClNO5. The van der Waals surface area contributed by atoms with E-state index in [1.54, 1.807) is 0 Å².